The van der Waals surface area contributed by atoms with Gasteiger partial charge in [-0.15, -0.1) is 0 Å². The molecule has 0 radical (unpaired) electrons. The van der Waals surface area contributed by atoms with E-state index in [2.05, 4.69) is 0 Å². The first-order valence-electron chi connectivity index (χ1n) is 3.82. The van der Waals surface area contributed by atoms with Gasteiger partial charge in [0.1, 0.15) is 12.4 Å². The highest BCUT2D eigenvalue weighted by Gasteiger charge is 2.03. The lowest BCUT2D eigenvalue weighted by Gasteiger charge is -1.94. The molecule has 1 aromatic heterocycles. The van der Waals surface area contributed by atoms with E-state index < -0.39 is 16.3 Å². The van der Waals surface area contributed by atoms with Crippen LogP contribution in [0.5, 0.6) is 0 Å². The Hall–Kier alpha value is -0.920. The monoisotopic (exact) mass is 222 g/mol. The van der Waals surface area contributed by atoms with Crippen molar-refractivity contribution in [2.45, 2.75) is 13.2 Å². The normalized spacial score (nSPS) is 12.9. The predicted molar refractivity (Wildman–Crippen MR) is 48.2 cm³/mol. The zero-order valence-corrected chi connectivity index (χ0v) is 9.10. The van der Waals surface area contributed by atoms with E-state index in [0.29, 0.717) is 6.26 Å². The Morgan fingerprint density at radius 2 is 2.00 bits per heavy atom. The van der Waals surface area contributed by atoms with E-state index in [1.807, 2.05) is 30.3 Å². The SMILES string of the molecule is CC(O)[n+]1ccn(C)c1.CS(=O)(=O)[O-]. The third-order valence-electron chi connectivity index (χ3n) is 1.22. The summed E-state index contributed by atoms with van der Waals surface area (Å²) in [7, 11) is -2.00. The van der Waals surface area contributed by atoms with Gasteiger partial charge in [-0.25, -0.2) is 17.6 Å². The van der Waals surface area contributed by atoms with Crippen LogP contribution in [0.2, 0.25) is 0 Å². The fraction of sp³-hybridized carbons (Fsp3) is 0.571. The zero-order valence-electron chi connectivity index (χ0n) is 8.28. The molecule has 0 bridgehead atoms. The minimum atomic E-state index is -3.92. The summed E-state index contributed by atoms with van der Waals surface area (Å²) in [6, 6.07) is 0. The van der Waals surface area contributed by atoms with Crippen LogP contribution in [0, 0.1) is 0 Å². The molecule has 0 saturated heterocycles. The highest BCUT2D eigenvalue weighted by Crippen LogP contribution is 1.85. The van der Waals surface area contributed by atoms with Gasteiger partial charge in [-0.2, -0.15) is 0 Å². The number of aliphatic hydroxyl groups excluding tert-OH is 1. The van der Waals surface area contributed by atoms with Crippen LogP contribution < -0.4 is 4.57 Å². The van der Waals surface area contributed by atoms with Gasteiger partial charge in [-0.3, -0.25) is 0 Å². The van der Waals surface area contributed by atoms with E-state index in [1.165, 1.54) is 0 Å². The summed E-state index contributed by atoms with van der Waals surface area (Å²) < 4.78 is 30.8. The maximum atomic E-state index is 9.08. The van der Waals surface area contributed by atoms with Crippen molar-refractivity contribution in [3.05, 3.63) is 18.7 Å². The van der Waals surface area contributed by atoms with Gasteiger partial charge in [0.2, 0.25) is 6.33 Å². The van der Waals surface area contributed by atoms with E-state index in [-0.39, 0.29) is 0 Å². The quantitative estimate of drug-likeness (QED) is 0.487. The number of rotatable bonds is 1. The lowest BCUT2D eigenvalue weighted by atomic mass is 10.6. The van der Waals surface area contributed by atoms with Crippen LogP contribution in [-0.2, 0) is 17.2 Å². The molecule has 1 N–H and O–H groups in total. The van der Waals surface area contributed by atoms with Gasteiger partial charge in [-0.05, 0) is 0 Å². The Labute approximate surface area is 83.2 Å². The molecule has 0 spiro atoms. The fourth-order valence-electron chi connectivity index (χ4n) is 0.690. The summed E-state index contributed by atoms with van der Waals surface area (Å²) in [5.41, 5.74) is 0. The summed E-state index contributed by atoms with van der Waals surface area (Å²) in [5, 5.41) is 8.99. The lowest BCUT2D eigenvalue weighted by Crippen LogP contribution is -2.34. The average molecular weight is 222 g/mol. The standard InChI is InChI=1S/C6H11N2O.CH4O3S/c1-6(9)8-4-3-7(2)5-8;1-5(2,3)4/h3-6,9H,1-2H3;1H3,(H,2,3,4)/q+1;/p-1. The van der Waals surface area contributed by atoms with Crippen molar-refractivity contribution in [3.63, 3.8) is 0 Å². The van der Waals surface area contributed by atoms with Gasteiger partial charge in [0.05, 0.1) is 17.2 Å². The van der Waals surface area contributed by atoms with E-state index >= 15 is 0 Å². The molecular formula is C7H14N2O4S. The third kappa shape index (κ3) is 7.71. The van der Waals surface area contributed by atoms with Gasteiger partial charge < -0.3 is 9.66 Å². The minimum absolute atomic E-state index is 0.425. The number of hydrogen-bond acceptors (Lipinski definition) is 4. The molecule has 0 aromatic carbocycles. The summed E-state index contributed by atoms with van der Waals surface area (Å²) in [4.78, 5) is 0. The molecule has 1 atom stereocenters. The Morgan fingerprint density at radius 3 is 2.14 bits per heavy atom. The lowest BCUT2D eigenvalue weighted by molar-refractivity contribution is -0.755. The first-order chi connectivity index (χ1) is 6.20. The molecule has 0 aliphatic heterocycles. The van der Waals surface area contributed by atoms with Gasteiger partial charge >= 0.3 is 0 Å². The summed E-state index contributed by atoms with van der Waals surface area (Å²) in [6.07, 6.45) is 5.71. The van der Waals surface area contributed by atoms with Crippen LogP contribution in [0.25, 0.3) is 0 Å². The second-order valence-corrected chi connectivity index (χ2v) is 4.27. The highest BCUT2D eigenvalue weighted by molar-refractivity contribution is 7.84. The van der Waals surface area contributed by atoms with Crippen molar-refractivity contribution in [1.82, 2.24) is 4.57 Å². The molecule has 82 valence electrons. The van der Waals surface area contributed by atoms with Gasteiger partial charge in [0.15, 0.2) is 6.23 Å². The molecular weight excluding hydrogens is 208 g/mol. The second kappa shape index (κ2) is 5.08. The second-order valence-electron chi connectivity index (χ2n) is 2.86. The zero-order chi connectivity index (χ0) is 11.4. The Morgan fingerprint density at radius 1 is 1.57 bits per heavy atom. The van der Waals surface area contributed by atoms with Crippen LogP contribution in [0.15, 0.2) is 18.7 Å². The molecule has 14 heavy (non-hydrogen) atoms. The molecule has 1 heterocycles. The minimum Gasteiger partial charge on any atom is -0.748 e. The van der Waals surface area contributed by atoms with Gasteiger partial charge in [-0.1, -0.05) is 0 Å². The van der Waals surface area contributed by atoms with Crippen molar-refractivity contribution in [2.24, 2.45) is 7.05 Å². The van der Waals surface area contributed by atoms with E-state index in [4.69, 9.17) is 18.1 Å². The molecule has 0 amide bonds. The maximum absolute atomic E-state index is 9.08. The highest BCUT2D eigenvalue weighted by atomic mass is 32.2. The Bertz CT molecular complexity index is 361. The first-order valence-corrected chi connectivity index (χ1v) is 5.63. The number of aryl methyl sites for hydroxylation is 1. The molecule has 0 fully saturated rings. The molecule has 0 aliphatic carbocycles. The number of hydrogen-bond donors (Lipinski definition) is 1. The molecule has 0 saturated carbocycles. The fourth-order valence-corrected chi connectivity index (χ4v) is 0.690. The van der Waals surface area contributed by atoms with E-state index in [0.717, 1.165) is 0 Å². The number of imidazole rings is 1. The van der Waals surface area contributed by atoms with Gasteiger partial charge in [0, 0.05) is 13.2 Å². The first kappa shape index (κ1) is 13.1. The third-order valence-corrected chi connectivity index (χ3v) is 1.22. The van der Waals surface area contributed by atoms with Crippen molar-refractivity contribution in [2.75, 3.05) is 6.26 Å². The van der Waals surface area contributed by atoms with E-state index in [1.54, 1.807) is 11.5 Å². The molecule has 6 nitrogen and oxygen atoms in total. The average Bonchev–Trinajstić information content (AvgIpc) is 2.31. The van der Waals surface area contributed by atoms with Gasteiger partial charge in [0.25, 0.3) is 0 Å². The van der Waals surface area contributed by atoms with Crippen LogP contribution in [0.3, 0.4) is 0 Å². The Balaban J connectivity index is 0.000000292. The summed E-state index contributed by atoms with van der Waals surface area (Å²) in [6.45, 7) is 1.72. The molecule has 1 aromatic rings. The largest absolute Gasteiger partial charge is 0.748 e. The van der Waals surface area contributed by atoms with Crippen LogP contribution >= 0.6 is 0 Å². The van der Waals surface area contributed by atoms with Crippen molar-refractivity contribution in [3.8, 4) is 0 Å². The molecule has 1 unspecified atom stereocenters. The van der Waals surface area contributed by atoms with Crippen LogP contribution in [0.4, 0.5) is 0 Å². The summed E-state index contributed by atoms with van der Waals surface area (Å²) >= 11 is 0. The number of aromatic nitrogens is 2. The van der Waals surface area contributed by atoms with Crippen LogP contribution in [0.1, 0.15) is 13.2 Å². The maximum Gasteiger partial charge on any atom is 0.245 e. The Kier molecular flexibility index (Phi) is 4.75. The molecule has 7 heteroatoms. The summed E-state index contributed by atoms with van der Waals surface area (Å²) in [5.74, 6) is 0. The van der Waals surface area contributed by atoms with Crippen molar-refractivity contribution >= 4 is 10.1 Å². The number of nitrogens with zero attached hydrogens (tertiary/aromatic N) is 2. The molecule has 0 aliphatic rings. The van der Waals surface area contributed by atoms with Crippen molar-refractivity contribution < 1.29 is 22.6 Å². The van der Waals surface area contributed by atoms with Crippen LogP contribution in [-0.4, -0.2) is 28.9 Å². The van der Waals surface area contributed by atoms with E-state index in [9.17, 15) is 0 Å². The smallest absolute Gasteiger partial charge is 0.245 e. The number of aliphatic hydroxyl groups is 1. The van der Waals surface area contributed by atoms with Crippen molar-refractivity contribution in [1.29, 1.82) is 0 Å². The predicted octanol–water partition coefficient (Wildman–Crippen LogP) is -1.02. The topological polar surface area (TPSA) is 86.2 Å². The molecule has 1 rings (SSSR count).